The summed E-state index contributed by atoms with van der Waals surface area (Å²) in [5, 5.41) is 8.84. The number of carbonyl (C=O) groups is 1. The maximum atomic E-state index is 10.8. The zero-order chi connectivity index (χ0) is 10.8. The topological polar surface area (TPSA) is 37.3 Å². The maximum absolute atomic E-state index is 10.8. The van der Waals surface area contributed by atoms with Crippen molar-refractivity contribution in [3.05, 3.63) is 41.5 Å². The van der Waals surface area contributed by atoms with Gasteiger partial charge in [0.2, 0.25) is 0 Å². The van der Waals surface area contributed by atoms with Crippen molar-refractivity contribution < 1.29 is 9.90 Å². The molecule has 0 aromatic heterocycles. The Morgan fingerprint density at radius 2 is 2.07 bits per heavy atom. The number of rotatable bonds is 3. The zero-order valence-electron chi connectivity index (χ0n) is 8.73. The van der Waals surface area contributed by atoms with Crippen LogP contribution in [0.4, 0.5) is 0 Å². The van der Waals surface area contributed by atoms with Gasteiger partial charge in [-0.3, -0.25) is 0 Å². The molecule has 2 rings (SSSR count). The third-order valence-electron chi connectivity index (χ3n) is 2.75. The standard InChI is InChI=1S/C13H14O2/c1-9-4-2-3-5-11(9)12(8-13(14)15)10-6-7-10/h2-5,8,10H,6-7H2,1H3,(H,14,15)/b12-8+. The molecule has 2 nitrogen and oxygen atoms in total. The van der Waals surface area contributed by atoms with Crippen molar-refractivity contribution in [2.24, 2.45) is 5.92 Å². The lowest BCUT2D eigenvalue weighted by molar-refractivity contribution is -0.131. The predicted molar refractivity (Wildman–Crippen MR) is 59.5 cm³/mol. The average Bonchev–Trinajstić information content (AvgIpc) is 2.98. The Morgan fingerprint density at radius 3 is 2.60 bits per heavy atom. The monoisotopic (exact) mass is 202 g/mol. The van der Waals surface area contributed by atoms with Gasteiger partial charge in [-0.2, -0.15) is 0 Å². The number of hydrogen-bond donors (Lipinski definition) is 1. The fourth-order valence-corrected chi connectivity index (χ4v) is 1.84. The molecule has 1 aliphatic carbocycles. The van der Waals surface area contributed by atoms with E-state index in [1.165, 1.54) is 6.08 Å². The highest BCUT2D eigenvalue weighted by Crippen LogP contribution is 2.42. The number of aryl methyl sites for hydroxylation is 1. The van der Waals surface area contributed by atoms with E-state index in [4.69, 9.17) is 5.11 Å². The quantitative estimate of drug-likeness (QED) is 0.765. The van der Waals surface area contributed by atoms with Gasteiger partial charge in [0.1, 0.15) is 0 Å². The molecule has 1 aliphatic rings. The van der Waals surface area contributed by atoms with Crippen LogP contribution in [0.25, 0.3) is 5.57 Å². The summed E-state index contributed by atoms with van der Waals surface area (Å²) in [4.78, 5) is 10.8. The highest BCUT2D eigenvalue weighted by atomic mass is 16.4. The first kappa shape index (κ1) is 9.97. The van der Waals surface area contributed by atoms with E-state index in [1.54, 1.807) is 0 Å². The van der Waals surface area contributed by atoms with Crippen molar-refractivity contribution in [3.8, 4) is 0 Å². The lowest BCUT2D eigenvalue weighted by Crippen LogP contribution is -1.96. The molecule has 0 radical (unpaired) electrons. The summed E-state index contributed by atoms with van der Waals surface area (Å²) in [7, 11) is 0. The minimum Gasteiger partial charge on any atom is -0.478 e. The average molecular weight is 202 g/mol. The third kappa shape index (κ3) is 2.27. The number of benzene rings is 1. The second-order valence-corrected chi connectivity index (χ2v) is 4.03. The van der Waals surface area contributed by atoms with E-state index in [-0.39, 0.29) is 0 Å². The molecule has 1 N–H and O–H groups in total. The molecule has 0 aliphatic heterocycles. The van der Waals surface area contributed by atoms with Gasteiger partial charge in [0, 0.05) is 6.08 Å². The minimum atomic E-state index is -0.847. The van der Waals surface area contributed by atoms with Crippen LogP contribution in [0.2, 0.25) is 0 Å². The summed E-state index contributed by atoms with van der Waals surface area (Å²) in [6.45, 7) is 2.02. The van der Waals surface area contributed by atoms with Crippen LogP contribution in [-0.2, 0) is 4.79 Å². The van der Waals surface area contributed by atoms with E-state index in [2.05, 4.69) is 0 Å². The molecule has 78 valence electrons. The smallest absolute Gasteiger partial charge is 0.328 e. The molecule has 0 saturated heterocycles. The Kier molecular flexibility index (Phi) is 2.58. The van der Waals surface area contributed by atoms with Crippen LogP contribution in [0.15, 0.2) is 30.3 Å². The Bertz CT molecular complexity index is 414. The zero-order valence-corrected chi connectivity index (χ0v) is 8.73. The predicted octanol–water partition coefficient (Wildman–Crippen LogP) is 2.87. The number of aliphatic carboxylic acids is 1. The molecule has 0 atom stereocenters. The molecule has 0 bridgehead atoms. The first-order chi connectivity index (χ1) is 7.18. The third-order valence-corrected chi connectivity index (χ3v) is 2.75. The van der Waals surface area contributed by atoms with E-state index < -0.39 is 5.97 Å². The van der Waals surface area contributed by atoms with Crippen LogP contribution in [0.3, 0.4) is 0 Å². The fraction of sp³-hybridized carbons (Fsp3) is 0.308. The normalized spacial score (nSPS) is 16.5. The molecule has 1 fully saturated rings. The summed E-state index contributed by atoms with van der Waals surface area (Å²) in [5.74, 6) is -0.387. The van der Waals surface area contributed by atoms with E-state index >= 15 is 0 Å². The van der Waals surface area contributed by atoms with E-state index in [0.717, 1.165) is 29.5 Å². The summed E-state index contributed by atoms with van der Waals surface area (Å²) in [5.41, 5.74) is 3.22. The van der Waals surface area contributed by atoms with E-state index in [1.807, 2.05) is 31.2 Å². The summed E-state index contributed by atoms with van der Waals surface area (Å²) in [6.07, 6.45) is 3.60. The summed E-state index contributed by atoms with van der Waals surface area (Å²) in [6, 6.07) is 7.96. The maximum Gasteiger partial charge on any atom is 0.328 e. The van der Waals surface area contributed by atoms with Gasteiger partial charge in [-0.25, -0.2) is 4.79 Å². The Hall–Kier alpha value is -1.57. The van der Waals surface area contributed by atoms with Crippen molar-refractivity contribution in [1.82, 2.24) is 0 Å². The largest absolute Gasteiger partial charge is 0.478 e. The highest BCUT2D eigenvalue weighted by molar-refractivity contribution is 5.91. The second-order valence-electron chi connectivity index (χ2n) is 4.03. The van der Waals surface area contributed by atoms with Crippen LogP contribution < -0.4 is 0 Å². The Labute approximate surface area is 89.2 Å². The van der Waals surface area contributed by atoms with Gasteiger partial charge in [-0.05, 0) is 42.4 Å². The van der Waals surface area contributed by atoms with Gasteiger partial charge in [0.15, 0.2) is 0 Å². The molecular weight excluding hydrogens is 188 g/mol. The van der Waals surface area contributed by atoms with Crippen LogP contribution >= 0.6 is 0 Å². The number of allylic oxidation sites excluding steroid dienone is 1. The highest BCUT2D eigenvalue weighted by Gasteiger charge is 2.28. The summed E-state index contributed by atoms with van der Waals surface area (Å²) >= 11 is 0. The minimum absolute atomic E-state index is 0.460. The van der Waals surface area contributed by atoms with Gasteiger partial charge in [0.25, 0.3) is 0 Å². The molecule has 0 unspecified atom stereocenters. The molecule has 15 heavy (non-hydrogen) atoms. The van der Waals surface area contributed by atoms with Crippen LogP contribution in [-0.4, -0.2) is 11.1 Å². The van der Waals surface area contributed by atoms with Crippen molar-refractivity contribution >= 4 is 11.5 Å². The van der Waals surface area contributed by atoms with Crippen LogP contribution in [0.1, 0.15) is 24.0 Å². The first-order valence-corrected chi connectivity index (χ1v) is 5.19. The lowest BCUT2D eigenvalue weighted by atomic mass is 9.97. The van der Waals surface area contributed by atoms with Crippen molar-refractivity contribution in [2.45, 2.75) is 19.8 Å². The SMILES string of the molecule is Cc1ccccc1/C(=C/C(=O)O)C1CC1. The van der Waals surface area contributed by atoms with Gasteiger partial charge >= 0.3 is 5.97 Å². The van der Waals surface area contributed by atoms with Crippen LogP contribution in [0.5, 0.6) is 0 Å². The molecule has 2 heteroatoms. The van der Waals surface area contributed by atoms with Crippen molar-refractivity contribution in [3.63, 3.8) is 0 Å². The van der Waals surface area contributed by atoms with Gasteiger partial charge < -0.3 is 5.11 Å². The van der Waals surface area contributed by atoms with Crippen molar-refractivity contribution in [2.75, 3.05) is 0 Å². The number of hydrogen-bond acceptors (Lipinski definition) is 1. The van der Waals surface area contributed by atoms with Gasteiger partial charge in [0.05, 0.1) is 0 Å². The molecule has 0 spiro atoms. The lowest BCUT2D eigenvalue weighted by Gasteiger charge is -2.08. The van der Waals surface area contributed by atoms with E-state index in [0.29, 0.717) is 5.92 Å². The molecule has 0 heterocycles. The summed E-state index contributed by atoms with van der Waals surface area (Å²) < 4.78 is 0. The Morgan fingerprint density at radius 1 is 1.40 bits per heavy atom. The number of carboxylic acids is 1. The van der Waals surface area contributed by atoms with E-state index in [9.17, 15) is 4.79 Å². The Balaban J connectivity index is 2.41. The van der Waals surface area contributed by atoms with Crippen LogP contribution in [0, 0.1) is 12.8 Å². The molecule has 1 aromatic carbocycles. The molecule has 0 amide bonds. The number of carboxylic acid groups (broad SMARTS) is 1. The molecule has 1 saturated carbocycles. The van der Waals surface area contributed by atoms with Gasteiger partial charge in [-0.15, -0.1) is 0 Å². The molecule has 1 aromatic rings. The second kappa shape index (κ2) is 3.89. The van der Waals surface area contributed by atoms with Crippen molar-refractivity contribution in [1.29, 1.82) is 0 Å². The first-order valence-electron chi connectivity index (χ1n) is 5.19. The van der Waals surface area contributed by atoms with Gasteiger partial charge in [-0.1, -0.05) is 24.3 Å². The molecular formula is C13H14O2. The fourth-order valence-electron chi connectivity index (χ4n) is 1.84.